The van der Waals surface area contributed by atoms with Gasteiger partial charge in [-0.2, -0.15) is 4.39 Å². The van der Waals surface area contributed by atoms with E-state index in [2.05, 4.69) is 4.74 Å². The molecule has 0 aromatic carbocycles. The maximum atomic E-state index is 11.4. The third-order valence-electron chi connectivity index (χ3n) is 0.750. The van der Waals surface area contributed by atoms with Crippen molar-refractivity contribution in [3.63, 3.8) is 0 Å². The van der Waals surface area contributed by atoms with Gasteiger partial charge in [0.05, 0.1) is 6.61 Å². The Bertz CT molecular complexity index is 133. The first-order valence-electron chi connectivity index (χ1n) is 3.00. The molecule has 0 radical (unpaired) electrons. The minimum Gasteiger partial charge on any atom is -0.465 e. The highest BCUT2D eigenvalue weighted by Crippen LogP contribution is 1.90. The number of carbonyl (C=O) groups excluding carboxylic acids is 2. The summed E-state index contributed by atoms with van der Waals surface area (Å²) >= 11 is 0. The van der Waals surface area contributed by atoms with Crippen molar-refractivity contribution in [2.24, 2.45) is 0 Å². The molecule has 0 amide bonds. The molecule has 0 rings (SSSR count). The molecule has 58 valence electrons. The van der Waals surface area contributed by atoms with Crippen molar-refractivity contribution in [1.29, 1.82) is 0 Å². The summed E-state index contributed by atoms with van der Waals surface area (Å²) in [5, 5.41) is 0. The Kier molecular flexibility index (Phi) is 4.45. The van der Waals surface area contributed by atoms with E-state index in [0.29, 0.717) is 6.42 Å². The van der Waals surface area contributed by atoms with Gasteiger partial charge in [-0.15, -0.1) is 0 Å². The Morgan fingerprint density at radius 2 is 2.10 bits per heavy atom. The fourth-order valence-electron chi connectivity index (χ4n) is 0.380. The molecule has 0 fully saturated rings. The predicted octanol–water partition coefficient (Wildman–Crippen LogP) is 0.826. The fourth-order valence-corrected chi connectivity index (χ4v) is 0.380. The average Bonchev–Trinajstić information content (AvgIpc) is 1.82. The summed E-state index contributed by atoms with van der Waals surface area (Å²) in [7, 11) is 0. The predicted molar refractivity (Wildman–Crippen MR) is 32.0 cm³/mol. The minimum atomic E-state index is -1.65. The van der Waals surface area contributed by atoms with E-state index in [0.717, 1.165) is 0 Å². The Hall–Kier alpha value is -0.930. The standard InChI is InChI=1S/C6H9FO3/c1-2-3-10-6(9)4-5(7)8/h2-4H2,1H3. The molecule has 0 aliphatic heterocycles. The summed E-state index contributed by atoms with van der Waals surface area (Å²) in [6.07, 6.45) is -0.0911. The van der Waals surface area contributed by atoms with Crippen LogP contribution in [-0.2, 0) is 14.3 Å². The molecule has 0 saturated carbocycles. The summed E-state index contributed by atoms with van der Waals surface area (Å²) < 4.78 is 15.8. The van der Waals surface area contributed by atoms with E-state index in [1.807, 2.05) is 6.92 Å². The third kappa shape index (κ3) is 5.21. The van der Waals surface area contributed by atoms with Crippen LogP contribution in [0.3, 0.4) is 0 Å². The Balaban J connectivity index is 3.35. The Labute approximate surface area is 58.2 Å². The number of halogens is 1. The van der Waals surface area contributed by atoms with Gasteiger partial charge in [0.1, 0.15) is 6.42 Å². The van der Waals surface area contributed by atoms with Crippen molar-refractivity contribution in [2.45, 2.75) is 19.8 Å². The number of hydrogen-bond acceptors (Lipinski definition) is 3. The largest absolute Gasteiger partial charge is 0.465 e. The van der Waals surface area contributed by atoms with E-state index in [-0.39, 0.29) is 6.61 Å². The molecule has 0 aliphatic rings. The normalized spacial score (nSPS) is 9.00. The molecular weight excluding hydrogens is 139 g/mol. The van der Waals surface area contributed by atoms with Gasteiger partial charge in [-0.3, -0.25) is 9.59 Å². The SMILES string of the molecule is CCCOC(=O)CC(=O)F. The second kappa shape index (κ2) is 4.90. The molecule has 0 aromatic heterocycles. The van der Waals surface area contributed by atoms with Gasteiger partial charge in [0.25, 0.3) is 0 Å². The zero-order chi connectivity index (χ0) is 7.98. The van der Waals surface area contributed by atoms with Crippen LogP contribution in [0.4, 0.5) is 4.39 Å². The number of esters is 1. The lowest BCUT2D eigenvalue weighted by atomic mass is 10.4. The van der Waals surface area contributed by atoms with E-state index in [9.17, 15) is 14.0 Å². The Morgan fingerprint density at radius 3 is 2.50 bits per heavy atom. The van der Waals surface area contributed by atoms with Crippen molar-refractivity contribution >= 4 is 12.0 Å². The van der Waals surface area contributed by atoms with E-state index < -0.39 is 18.4 Å². The summed E-state index contributed by atoms with van der Waals surface area (Å²) in [4.78, 5) is 20.0. The fraction of sp³-hybridized carbons (Fsp3) is 0.667. The lowest BCUT2D eigenvalue weighted by Crippen LogP contribution is -2.08. The third-order valence-corrected chi connectivity index (χ3v) is 0.750. The molecule has 0 heterocycles. The van der Waals surface area contributed by atoms with Crippen LogP contribution in [-0.4, -0.2) is 18.6 Å². The van der Waals surface area contributed by atoms with Gasteiger partial charge >= 0.3 is 12.0 Å². The van der Waals surface area contributed by atoms with Crippen molar-refractivity contribution < 1.29 is 18.7 Å². The van der Waals surface area contributed by atoms with Crippen LogP contribution in [0, 0.1) is 0 Å². The van der Waals surface area contributed by atoms with Crippen molar-refractivity contribution in [2.75, 3.05) is 6.61 Å². The molecule has 0 atom stereocenters. The molecule has 0 N–H and O–H groups in total. The molecule has 4 heteroatoms. The first-order chi connectivity index (χ1) is 4.66. The van der Waals surface area contributed by atoms with Gasteiger partial charge in [-0.1, -0.05) is 6.92 Å². The molecule has 0 saturated heterocycles. The summed E-state index contributed by atoms with van der Waals surface area (Å²) in [5.74, 6) is -0.797. The first kappa shape index (κ1) is 9.07. The van der Waals surface area contributed by atoms with Gasteiger partial charge in [-0.25, -0.2) is 0 Å². The highest BCUT2D eigenvalue weighted by Gasteiger charge is 2.07. The molecule has 0 aliphatic carbocycles. The number of carbonyl (C=O) groups is 2. The van der Waals surface area contributed by atoms with Crippen LogP contribution in [0.25, 0.3) is 0 Å². The number of rotatable bonds is 4. The second-order valence-corrected chi connectivity index (χ2v) is 1.75. The summed E-state index contributed by atoms with van der Waals surface area (Å²) in [6, 6.07) is -1.65. The Morgan fingerprint density at radius 1 is 1.50 bits per heavy atom. The monoisotopic (exact) mass is 148 g/mol. The number of hydrogen-bond donors (Lipinski definition) is 0. The van der Waals surface area contributed by atoms with Crippen molar-refractivity contribution in [3.8, 4) is 0 Å². The van der Waals surface area contributed by atoms with Gasteiger partial charge in [-0.05, 0) is 6.42 Å². The van der Waals surface area contributed by atoms with Crippen LogP contribution in [0.1, 0.15) is 19.8 Å². The molecule has 0 bridgehead atoms. The maximum absolute atomic E-state index is 11.4. The van der Waals surface area contributed by atoms with E-state index in [1.54, 1.807) is 0 Å². The zero-order valence-electron chi connectivity index (χ0n) is 5.72. The minimum absolute atomic E-state index is 0.242. The lowest BCUT2D eigenvalue weighted by molar-refractivity contribution is -0.148. The molecule has 10 heavy (non-hydrogen) atoms. The molecule has 3 nitrogen and oxygen atoms in total. The highest BCUT2D eigenvalue weighted by atomic mass is 19.1. The smallest absolute Gasteiger partial charge is 0.316 e. The van der Waals surface area contributed by atoms with Gasteiger partial charge in [0, 0.05) is 0 Å². The summed E-state index contributed by atoms with van der Waals surface area (Å²) in [6.45, 7) is 2.05. The van der Waals surface area contributed by atoms with Crippen LogP contribution in [0.5, 0.6) is 0 Å². The van der Waals surface area contributed by atoms with Crippen LogP contribution >= 0.6 is 0 Å². The van der Waals surface area contributed by atoms with Gasteiger partial charge < -0.3 is 4.74 Å². The zero-order valence-corrected chi connectivity index (χ0v) is 5.72. The van der Waals surface area contributed by atoms with Crippen molar-refractivity contribution in [1.82, 2.24) is 0 Å². The summed E-state index contributed by atoms with van der Waals surface area (Å²) in [5.41, 5.74) is 0. The molecule has 0 aromatic rings. The quantitative estimate of drug-likeness (QED) is 0.337. The molecular formula is C6H9FO3. The van der Waals surface area contributed by atoms with Gasteiger partial charge in [0.2, 0.25) is 0 Å². The van der Waals surface area contributed by atoms with Crippen LogP contribution in [0.15, 0.2) is 0 Å². The average molecular weight is 148 g/mol. The first-order valence-corrected chi connectivity index (χ1v) is 3.00. The van der Waals surface area contributed by atoms with E-state index >= 15 is 0 Å². The van der Waals surface area contributed by atoms with E-state index in [4.69, 9.17) is 0 Å². The number of ether oxygens (including phenoxy) is 1. The van der Waals surface area contributed by atoms with Crippen LogP contribution < -0.4 is 0 Å². The van der Waals surface area contributed by atoms with Crippen LogP contribution in [0.2, 0.25) is 0 Å². The molecule has 0 unspecified atom stereocenters. The highest BCUT2D eigenvalue weighted by molar-refractivity contribution is 5.90. The molecule has 0 spiro atoms. The topological polar surface area (TPSA) is 43.4 Å². The van der Waals surface area contributed by atoms with Gasteiger partial charge in [0.15, 0.2) is 0 Å². The maximum Gasteiger partial charge on any atom is 0.316 e. The lowest BCUT2D eigenvalue weighted by Gasteiger charge is -1.97. The van der Waals surface area contributed by atoms with E-state index in [1.165, 1.54) is 0 Å². The van der Waals surface area contributed by atoms with Crippen molar-refractivity contribution in [3.05, 3.63) is 0 Å². The second-order valence-electron chi connectivity index (χ2n) is 1.75.